The Labute approximate surface area is 156 Å². The summed E-state index contributed by atoms with van der Waals surface area (Å²) in [6.07, 6.45) is 0. The van der Waals surface area contributed by atoms with Crippen LogP contribution in [-0.2, 0) is 16.1 Å². The number of aromatic amines is 1. The number of ether oxygens (including phenoxy) is 1. The number of likely N-dealkylation sites (N-methyl/N-ethyl adjacent to an activating group) is 1. The summed E-state index contributed by atoms with van der Waals surface area (Å²) in [6.45, 7) is 2.43. The first-order valence-corrected chi connectivity index (χ1v) is 8.69. The molecule has 1 heterocycles. The van der Waals surface area contributed by atoms with Gasteiger partial charge in [0.25, 0.3) is 5.91 Å². The molecule has 0 aliphatic carbocycles. The summed E-state index contributed by atoms with van der Waals surface area (Å²) in [5, 5.41) is 0.491. The summed E-state index contributed by atoms with van der Waals surface area (Å²) in [4.78, 5) is 41.2. The van der Waals surface area contributed by atoms with E-state index in [1.165, 1.54) is 6.07 Å². The van der Waals surface area contributed by atoms with E-state index in [0.29, 0.717) is 24.0 Å². The number of carbonyl (C=O) groups is 2. The second-order valence-electron chi connectivity index (χ2n) is 6.06. The predicted octanol–water partition coefficient (Wildman–Crippen LogP) is 2.73. The number of para-hydroxylation sites is 1. The fourth-order valence-electron chi connectivity index (χ4n) is 2.78. The molecule has 0 atom stereocenters. The molecule has 0 saturated heterocycles. The van der Waals surface area contributed by atoms with Gasteiger partial charge in [-0.2, -0.15) is 0 Å². The van der Waals surface area contributed by atoms with Crippen molar-refractivity contribution in [2.75, 3.05) is 13.2 Å². The number of amides is 1. The molecule has 0 spiro atoms. The topological polar surface area (TPSA) is 79.5 Å². The predicted molar refractivity (Wildman–Crippen MR) is 102 cm³/mol. The van der Waals surface area contributed by atoms with Crippen molar-refractivity contribution in [3.63, 3.8) is 0 Å². The van der Waals surface area contributed by atoms with Crippen molar-refractivity contribution in [3.8, 4) is 0 Å². The van der Waals surface area contributed by atoms with Crippen molar-refractivity contribution in [1.29, 1.82) is 0 Å². The minimum Gasteiger partial charge on any atom is -0.451 e. The van der Waals surface area contributed by atoms with Gasteiger partial charge >= 0.3 is 5.97 Å². The van der Waals surface area contributed by atoms with Crippen LogP contribution in [0.5, 0.6) is 0 Å². The minimum absolute atomic E-state index is 0.0256. The van der Waals surface area contributed by atoms with E-state index in [1.807, 2.05) is 37.3 Å². The van der Waals surface area contributed by atoms with E-state index in [2.05, 4.69) is 4.98 Å². The van der Waals surface area contributed by atoms with Crippen molar-refractivity contribution in [3.05, 3.63) is 82.1 Å². The Morgan fingerprint density at radius 1 is 1.04 bits per heavy atom. The van der Waals surface area contributed by atoms with Gasteiger partial charge < -0.3 is 14.6 Å². The summed E-state index contributed by atoms with van der Waals surface area (Å²) < 4.78 is 5.11. The number of nitrogens with one attached hydrogen (secondary N) is 1. The maximum atomic E-state index is 12.4. The number of fused-ring (bicyclic) bond motifs is 1. The molecule has 2 aromatic carbocycles. The smallest absolute Gasteiger partial charge is 0.355 e. The molecule has 6 nitrogen and oxygen atoms in total. The molecule has 0 unspecified atom stereocenters. The van der Waals surface area contributed by atoms with Gasteiger partial charge in [-0.05, 0) is 24.6 Å². The Kier molecular flexibility index (Phi) is 5.66. The molecule has 1 N–H and O–H groups in total. The maximum absolute atomic E-state index is 12.4. The van der Waals surface area contributed by atoms with Gasteiger partial charge in [-0.15, -0.1) is 0 Å². The molecule has 0 radical (unpaired) electrons. The minimum atomic E-state index is -0.734. The Morgan fingerprint density at radius 2 is 1.74 bits per heavy atom. The van der Waals surface area contributed by atoms with Crippen LogP contribution < -0.4 is 5.43 Å². The molecule has 27 heavy (non-hydrogen) atoms. The van der Waals surface area contributed by atoms with Crippen LogP contribution in [0.2, 0.25) is 0 Å². The van der Waals surface area contributed by atoms with Crippen LogP contribution >= 0.6 is 0 Å². The van der Waals surface area contributed by atoms with Gasteiger partial charge in [0.2, 0.25) is 0 Å². The number of carbonyl (C=O) groups excluding carboxylic acids is 2. The molecule has 0 fully saturated rings. The zero-order valence-electron chi connectivity index (χ0n) is 15.0. The highest BCUT2D eigenvalue weighted by atomic mass is 16.5. The maximum Gasteiger partial charge on any atom is 0.355 e. The number of H-pyrrole nitrogens is 1. The van der Waals surface area contributed by atoms with Crippen molar-refractivity contribution in [1.82, 2.24) is 9.88 Å². The van der Waals surface area contributed by atoms with E-state index in [1.54, 1.807) is 29.2 Å². The molecule has 1 amide bonds. The number of benzene rings is 2. The summed E-state index contributed by atoms with van der Waals surface area (Å²) in [5.74, 6) is -1.03. The average Bonchev–Trinajstić information content (AvgIpc) is 2.70. The third-order valence-corrected chi connectivity index (χ3v) is 4.23. The van der Waals surface area contributed by atoms with E-state index in [9.17, 15) is 14.4 Å². The van der Waals surface area contributed by atoms with E-state index in [0.717, 1.165) is 5.56 Å². The lowest BCUT2D eigenvalue weighted by Crippen LogP contribution is -2.34. The highest BCUT2D eigenvalue weighted by Crippen LogP contribution is 2.09. The summed E-state index contributed by atoms with van der Waals surface area (Å²) in [7, 11) is 0. The van der Waals surface area contributed by atoms with Gasteiger partial charge in [0, 0.05) is 30.1 Å². The highest BCUT2D eigenvalue weighted by molar-refractivity contribution is 5.92. The summed E-state index contributed by atoms with van der Waals surface area (Å²) in [5.41, 5.74) is 1.29. The van der Waals surface area contributed by atoms with Gasteiger partial charge in [-0.3, -0.25) is 9.59 Å². The molecule has 3 aromatic rings. The van der Waals surface area contributed by atoms with E-state index >= 15 is 0 Å². The molecule has 3 rings (SSSR count). The molecule has 6 heteroatoms. The van der Waals surface area contributed by atoms with Crippen molar-refractivity contribution in [2.24, 2.45) is 0 Å². The van der Waals surface area contributed by atoms with Crippen molar-refractivity contribution < 1.29 is 14.3 Å². The van der Waals surface area contributed by atoms with Crippen LogP contribution in [0.15, 0.2) is 65.5 Å². The van der Waals surface area contributed by atoms with E-state index in [4.69, 9.17) is 4.74 Å². The van der Waals surface area contributed by atoms with Crippen molar-refractivity contribution in [2.45, 2.75) is 13.5 Å². The molecule has 0 bridgehead atoms. The number of aromatic nitrogens is 1. The van der Waals surface area contributed by atoms with Gasteiger partial charge in [0.1, 0.15) is 5.69 Å². The molecule has 0 aliphatic rings. The third kappa shape index (κ3) is 4.41. The lowest BCUT2D eigenvalue weighted by molar-refractivity contribution is -0.134. The standard InChI is InChI=1S/C21H20N2O4/c1-2-23(13-15-8-4-3-5-9-15)20(25)14-27-21(26)18-12-19(24)16-10-6-7-11-17(16)22-18/h3-12H,2,13-14H2,1H3,(H,22,24). The van der Waals surface area contributed by atoms with Crippen LogP contribution in [0.4, 0.5) is 0 Å². The quantitative estimate of drug-likeness (QED) is 0.682. The number of nitrogens with zero attached hydrogens (tertiary/aromatic N) is 1. The fraction of sp³-hybridized carbons (Fsp3) is 0.190. The summed E-state index contributed by atoms with van der Waals surface area (Å²) in [6, 6.07) is 17.7. The first-order chi connectivity index (χ1) is 13.1. The van der Waals surface area contributed by atoms with Crippen LogP contribution in [0.3, 0.4) is 0 Å². The number of hydrogen-bond donors (Lipinski definition) is 1. The Bertz CT molecular complexity index is 1010. The first kappa shape index (κ1) is 18.4. The Morgan fingerprint density at radius 3 is 2.48 bits per heavy atom. The largest absolute Gasteiger partial charge is 0.451 e. The first-order valence-electron chi connectivity index (χ1n) is 8.69. The van der Waals surface area contributed by atoms with Gasteiger partial charge in [-0.25, -0.2) is 4.79 Å². The zero-order chi connectivity index (χ0) is 19.2. The molecule has 1 aromatic heterocycles. The third-order valence-electron chi connectivity index (χ3n) is 4.23. The molecule has 138 valence electrons. The lowest BCUT2D eigenvalue weighted by atomic mass is 10.2. The highest BCUT2D eigenvalue weighted by Gasteiger charge is 2.17. The second-order valence-corrected chi connectivity index (χ2v) is 6.06. The SMILES string of the molecule is CCN(Cc1ccccc1)C(=O)COC(=O)c1cc(=O)c2ccccc2[nH]1. The second kappa shape index (κ2) is 8.31. The van der Waals surface area contributed by atoms with E-state index < -0.39 is 5.97 Å². The number of pyridine rings is 1. The normalized spacial score (nSPS) is 10.6. The summed E-state index contributed by atoms with van der Waals surface area (Å²) >= 11 is 0. The van der Waals surface area contributed by atoms with Gasteiger partial charge in [0.15, 0.2) is 12.0 Å². The van der Waals surface area contributed by atoms with Crippen molar-refractivity contribution >= 4 is 22.8 Å². The number of esters is 1. The van der Waals surface area contributed by atoms with E-state index in [-0.39, 0.29) is 23.6 Å². The van der Waals surface area contributed by atoms with Crippen LogP contribution in [0, 0.1) is 0 Å². The monoisotopic (exact) mass is 364 g/mol. The van der Waals surface area contributed by atoms with Crippen LogP contribution in [-0.4, -0.2) is 34.9 Å². The van der Waals surface area contributed by atoms with Gasteiger partial charge in [0.05, 0.1) is 0 Å². The number of hydrogen-bond acceptors (Lipinski definition) is 4. The average molecular weight is 364 g/mol. The van der Waals surface area contributed by atoms with Crippen LogP contribution in [0.25, 0.3) is 10.9 Å². The molecular formula is C21H20N2O4. The fourth-order valence-corrected chi connectivity index (χ4v) is 2.78. The Hall–Kier alpha value is -3.41. The lowest BCUT2D eigenvalue weighted by Gasteiger charge is -2.20. The van der Waals surface area contributed by atoms with Gasteiger partial charge in [-0.1, -0.05) is 42.5 Å². The molecular weight excluding hydrogens is 344 g/mol. The Balaban J connectivity index is 1.66. The molecule has 0 aliphatic heterocycles. The zero-order valence-corrected chi connectivity index (χ0v) is 15.0. The number of rotatable bonds is 6. The molecule has 0 saturated carbocycles. The van der Waals surface area contributed by atoms with Crippen LogP contribution in [0.1, 0.15) is 23.0 Å².